The first kappa shape index (κ1) is 14.1. The van der Waals surface area contributed by atoms with Crippen LogP contribution in [0.3, 0.4) is 0 Å². The van der Waals surface area contributed by atoms with E-state index in [0.29, 0.717) is 0 Å². The van der Waals surface area contributed by atoms with Crippen LogP contribution in [0.1, 0.15) is 31.2 Å². The first-order valence-electron chi connectivity index (χ1n) is 7.45. The third kappa shape index (κ3) is 2.91. The molecule has 1 aromatic rings. The van der Waals surface area contributed by atoms with E-state index in [4.69, 9.17) is 0 Å². The molecule has 0 aromatic heterocycles. The van der Waals surface area contributed by atoms with Gasteiger partial charge < -0.3 is 10.6 Å². The Balaban J connectivity index is 1.60. The van der Waals surface area contributed by atoms with Crippen molar-refractivity contribution in [2.45, 2.75) is 31.1 Å². The van der Waals surface area contributed by atoms with Gasteiger partial charge in [-0.2, -0.15) is 0 Å². The fourth-order valence-corrected chi connectivity index (χ4v) is 3.77. The highest BCUT2D eigenvalue weighted by Crippen LogP contribution is 2.49. The standard InChI is InChI=1S/C16H21BrN2O/c17-14-6-2-1-5-13(14)16(7-8-16)11-19-15(20)12-4-3-9-18-10-12/h1-2,5-6,12,18H,3-4,7-11H2,(H,19,20). The molecule has 2 aliphatic rings. The van der Waals surface area contributed by atoms with E-state index >= 15 is 0 Å². The predicted molar refractivity (Wildman–Crippen MR) is 83.7 cm³/mol. The lowest BCUT2D eigenvalue weighted by Gasteiger charge is -2.24. The minimum atomic E-state index is 0.152. The van der Waals surface area contributed by atoms with Crippen molar-refractivity contribution < 1.29 is 4.79 Å². The Bertz CT molecular complexity index is 493. The second-order valence-corrected chi connectivity index (χ2v) is 6.88. The molecule has 1 aliphatic heterocycles. The summed E-state index contributed by atoms with van der Waals surface area (Å²) >= 11 is 3.63. The molecule has 1 aliphatic carbocycles. The number of nitrogens with one attached hydrogen (secondary N) is 2. The second-order valence-electron chi connectivity index (χ2n) is 6.02. The Morgan fingerprint density at radius 1 is 1.40 bits per heavy atom. The number of halogens is 1. The molecule has 3 rings (SSSR count). The van der Waals surface area contributed by atoms with E-state index in [1.54, 1.807) is 0 Å². The highest BCUT2D eigenvalue weighted by molar-refractivity contribution is 9.10. The molecular formula is C16H21BrN2O. The van der Waals surface area contributed by atoms with Gasteiger partial charge in [-0.1, -0.05) is 34.1 Å². The van der Waals surface area contributed by atoms with Gasteiger partial charge in [0, 0.05) is 23.0 Å². The lowest BCUT2D eigenvalue weighted by molar-refractivity contribution is -0.125. The Kier molecular flexibility index (Phi) is 4.13. The SMILES string of the molecule is O=C(NCC1(c2ccccc2Br)CC1)C1CCCNC1. The monoisotopic (exact) mass is 336 g/mol. The molecule has 0 spiro atoms. The van der Waals surface area contributed by atoms with E-state index in [0.717, 1.165) is 36.9 Å². The summed E-state index contributed by atoms with van der Waals surface area (Å²) in [7, 11) is 0. The minimum absolute atomic E-state index is 0.152. The minimum Gasteiger partial charge on any atom is -0.355 e. The van der Waals surface area contributed by atoms with Gasteiger partial charge in [-0.25, -0.2) is 0 Å². The number of amides is 1. The number of carbonyl (C=O) groups is 1. The molecule has 1 aromatic carbocycles. The fourth-order valence-electron chi connectivity index (χ4n) is 3.06. The van der Waals surface area contributed by atoms with Crippen molar-refractivity contribution in [2.75, 3.05) is 19.6 Å². The molecule has 3 nitrogen and oxygen atoms in total. The summed E-state index contributed by atoms with van der Waals surface area (Å²) in [5.41, 5.74) is 1.50. The Hall–Kier alpha value is -0.870. The third-order valence-corrected chi connectivity index (χ3v) is 5.26. The predicted octanol–water partition coefficient (Wildman–Crippen LogP) is 2.60. The van der Waals surface area contributed by atoms with Gasteiger partial charge in [-0.05, 0) is 43.9 Å². The lowest BCUT2D eigenvalue weighted by Crippen LogP contribution is -2.42. The number of piperidine rings is 1. The second kappa shape index (κ2) is 5.86. The van der Waals surface area contributed by atoms with Gasteiger partial charge in [-0.15, -0.1) is 0 Å². The van der Waals surface area contributed by atoms with Crippen LogP contribution in [0.15, 0.2) is 28.7 Å². The van der Waals surface area contributed by atoms with Gasteiger partial charge in [0.1, 0.15) is 0 Å². The van der Waals surface area contributed by atoms with Crippen LogP contribution in [-0.2, 0) is 10.2 Å². The summed E-state index contributed by atoms with van der Waals surface area (Å²) in [6.07, 6.45) is 4.45. The van der Waals surface area contributed by atoms with Crippen molar-refractivity contribution in [3.05, 3.63) is 34.3 Å². The molecule has 1 saturated carbocycles. The van der Waals surface area contributed by atoms with E-state index < -0.39 is 0 Å². The number of rotatable bonds is 4. The smallest absolute Gasteiger partial charge is 0.224 e. The maximum Gasteiger partial charge on any atom is 0.224 e. The molecule has 0 bridgehead atoms. The van der Waals surface area contributed by atoms with E-state index in [1.165, 1.54) is 18.4 Å². The van der Waals surface area contributed by atoms with E-state index in [1.807, 2.05) is 6.07 Å². The van der Waals surface area contributed by atoms with Gasteiger partial charge in [0.25, 0.3) is 0 Å². The third-order valence-electron chi connectivity index (χ3n) is 4.57. The quantitative estimate of drug-likeness (QED) is 0.887. The highest BCUT2D eigenvalue weighted by Gasteiger charge is 2.45. The zero-order chi connectivity index (χ0) is 14.0. The normalized spacial score (nSPS) is 24.1. The number of benzene rings is 1. The molecule has 108 valence electrons. The van der Waals surface area contributed by atoms with Crippen molar-refractivity contribution in [3.63, 3.8) is 0 Å². The fraction of sp³-hybridized carbons (Fsp3) is 0.562. The maximum absolute atomic E-state index is 12.2. The number of hydrogen-bond acceptors (Lipinski definition) is 2. The molecule has 1 atom stereocenters. The molecule has 20 heavy (non-hydrogen) atoms. The summed E-state index contributed by atoms with van der Waals surface area (Å²) in [5, 5.41) is 6.48. The van der Waals surface area contributed by atoms with Gasteiger partial charge in [-0.3, -0.25) is 4.79 Å². The van der Waals surface area contributed by atoms with Crippen molar-refractivity contribution in [2.24, 2.45) is 5.92 Å². The Labute approximate surface area is 128 Å². The Morgan fingerprint density at radius 2 is 2.20 bits per heavy atom. The van der Waals surface area contributed by atoms with Gasteiger partial charge in [0.15, 0.2) is 0 Å². The van der Waals surface area contributed by atoms with Crippen molar-refractivity contribution in [1.29, 1.82) is 0 Å². The summed E-state index contributed by atoms with van der Waals surface area (Å²) in [4.78, 5) is 12.2. The van der Waals surface area contributed by atoms with Crippen molar-refractivity contribution in [1.82, 2.24) is 10.6 Å². The topological polar surface area (TPSA) is 41.1 Å². The molecular weight excluding hydrogens is 316 g/mol. The van der Waals surface area contributed by atoms with Crippen LogP contribution in [0.5, 0.6) is 0 Å². The molecule has 2 fully saturated rings. The van der Waals surface area contributed by atoms with E-state index in [2.05, 4.69) is 44.8 Å². The average Bonchev–Trinajstić information content (AvgIpc) is 3.27. The summed E-state index contributed by atoms with van der Waals surface area (Å²) < 4.78 is 1.16. The summed E-state index contributed by atoms with van der Waals surface area (Å²) in [5.74, 6) is 0.370. The molecule has 1 amide bonds. The number of hydrogen-bond donors (Lipinski definition) is 2. The summed E-state index contributed by atoms with van der Waals surface area (Å²) in [6, 6.07) is 8.37. The van der Waals surface area contributed by atoms with Crippen molar-refractivity contribution in [3.8, 4) is 0 Å². The van der Waals surface area contributed by atoms with Gasteiger partial charge in [0.2, 0.25) is 5.91 Å². The van der Waals surface area contributed by atoms with Crippen LogP contribution in [0.4, 0.5) is 0 Å². The van der Waals surface area contributed by atoms with E-state index in [9.17, 15) is 4.79 Å². The van der Waals surface area contributed by atoms with Gasteiger partial charge in [0.05, 0.1) is 5.92 Å². The first-order valence-corrected chi connectivity index (χ1v) is 8.24. The van der Waals surface area contributed by atoms with Crippen LogP contribution >= 0.6 is 15.9 Å². The van der Waals surface area contributed by atoms with Crippen LogP contribution < -0.4 is 10.6 Å². The Morgan fingerprint density at radius 3 is 2.85 bits per heavy atom. The van der Waals surface area contributed by atoms with Crippen LogP contribution in [0, 0.1) is 5.92 Å². The highest BCUT2D eigenvalue weighted by atomic mass is 79.9. The molecule has 1 saturated heterocycles. The largest absolute Gasteiger partial charge is 0.355 e. The van der Waals surface area contributed by atoms with Crippen LogP contribution in [0.25, 0.3) is 0 Å². The van der Waals surface area contributed by atoms with Crippen LogP contribution in [0.2, 0.25) is 0 Å². The molecule has 1 heterocycles. The number of carbonyl (C=O) groups excluding carboxylic acids is 1. The van der Waals surface area contributed by atoms with Crippen LogP contribution in [-0.4, -0.2) is 25.5 Å². The maximum atomic E-state index is 12.2. The average molecular weight is 337 g/mol. The molecule has 2 N–H and O–H groups in total. The summed E-state index contributed by atoms with van der Waals surface area (Å²) in [6.45, 7) is 2.64. The van der Waals surface area contributed by atoms with Gasteiger partial charge >= 0.3 is 0 Å². The molecule has 4 heteroatoms. The lowest BCUT2D eigenvalue weighted by atomic mass is 9.94. The zero-order valence-electron chi connectivity index (χ0n) is 11.6. The zero-order valence-corrected chi connectivity index (χ0v) is 13.2. The van der Waals surface area contributed by atoms with E-state index in [-0.39, 0.29) is 17.2 Å². The first-order chi connectivity index (χ1) is 9.71. The van der Waals surface area contributed by atoms with Crippen molar-refractivity contribution >= 4 is 21.8 Å². The molecule has 0 radical (unpaired) electrons. The molecule has 1 unspecified atom stereocenters.